The van der Waals surface area contributed by atoms with Gasteiger partial charge < -0.3 is 10.6 Å². The number of fused-ring (bicyclic) bond motifs is 1. The van der Waals surface area contributed by atoms with E-state index in [1.807, 2.05) is 18.5 Å². The molecule has 3 heteroatoms. The average molecular weight is 257 g/mol. The quantitative estimate of drug-likeness (QED) is 0.915. The molecule has 0 amide bonds. The Morgan fingerprint density at radius 2 is 1.95 bits per heavy atom. The van der Waals surface area contributed by atoms with Crippen LogP contribution in [0, 0.1) is 0 Å². The minimum absolute atomic E-state index is 0.0638. The summed E-state index contributed by atoms with van der Waals surface area (Å²) in [4.78, 5) is 6.55. The summed E-state index contributed by atoms with van der Waals surface area (Å²) < 4.78 is 0. The lowest BCUT2D eigenvalue weighted by molar-refractivity contribution is 0.132. The summed E-state index contributed by atoms with van der Waals surface area (Å²) in [5.41, 5.74) is 7.61. The minimum atomic E-state index is -0.0776. The van der Waals surface area contributed by atoms with Crippen molar-refractivity contribution < 1.29 is 0 Å². The number of nitrogens with two attached hydrogens (primary N) is 1. The van der Waals surface area contributed by atoms with Crippen LogP contribution >= 0.6 is 0 Å². The van der Waals surface area contributed by atoms with E-state index < -0.39 is 0 Å². The first-order valence-electron chi connectivity index (χ1n) is 6.76. The molecular weight excluding hydrogens is 234 g/mol. The predicted molar refractivity (Wildman–Crippen MR) is 81.1 cm³/mol. The maximum atomic E-state index is 6.57. The summed E-state index contributed by atoms with van der Waals surface area (Å²) in [5.74, 6) is 0. The maximum absolute atomic E-state index is 6.57. The molecule has 1 aromatic carbocycles. The van der Waals surface area contributed by atoms with E-state index in [-0.39, 0.29) is 11.6 Å². The van der Waals surface area contributed by atoms with Gasteiger partial charge in [0.1, 0.15) is 0 Å². The topological polar surface area (TPSA) is 42.1 Å². The van der Waals surface area contributed by atoms with E-state index in [0.717, 1.165) is 17.4 Å². The zero-order valence-corrected chi connectivity index (χ0v) is 12.2. The smallest absolute Gasteiger partial charge is 0.0500 e. The highest BCUT2D eigenvalue weighted by Crippen LogP contribution is 2.33. The SMILES string of the molecule is CCC(C)(C(N)c1cncc2ccccc12)N(C)C. The minimum Gasteiger partial charge on any atom is -0.322 e. The van der Waals surface area contributed by atoms with Crippen molar-refractivity contribution in [1.82, 2.24) is 9.88 Å². The van der Waals surface area contributed by atoms with E-state index in [1.165, 1.54) is 5.39 Å². The third-order valence-electron chi connectivity index (χ3n) is 4.44. The normalized spacial score (nSPS) is 16.5. The van der Waals surface area contributed by atoms with Gasteiger partial charge in [0.25, 0.3) is 0 Å². The van der Waals surface area contributed by atoms with Gasteiger partial charge in [0, 0.05) is 23.3 Å². The van der Waals surface area contributed by atoms with Crippen LogP contribution < -0.4 is 5.73 Å². The number of hydrogen-bond donors (Lipinski definition) is 1. The molecule has 0 spiro atoms. The largest absolute Gasteiger partial charge is 0.322 e. The van der Waals surface area contributed by atoms with Gasteiger partial charge in [-0.05, 0) is 38.4 Å². The van der Waals surface area contributed by atoms with E-state index in [4.69, 9.17) is 5.73 Å². The van der Waals surface area contributed by atoms with Gasteiger partial charge in [0.15, 0.2) is 0 Å². The zero-order valence-electron chi connectivity index (χ0n) is 12.2. The fraction of sp³-hybridized carbons (Fsp3) is 0.438. The molecule has 1 heterocycles. The summed E-state index contributed by atoms with van der Waals surface area (Å²) in [6.45, 7) is 4.39. The van der Waals surface area contributed by atoms with Crippen LogP contribution in [0.25, 0.3) is 10.8 Å². The molecule has 2 aromatic rings. The Bertz CT molecular complexity index is 559. The van der Waals surface area contributed by atoms with Crippen LogP contribution in [0.15, 0.2) is 36.7 Å². The van der Waals surface area contributed by atoms with Crippen molar-refractivity contribution in [1.29, 1.82) is 0 Å². The summed E-state index contributed by atoms with van der Waals surface area (Å²) in [6, 6.07) is 8.23. The van der Waals surface area contributed by atoms with Crippen LogP contribution in [0.3, 0.4) is 0 Å². The third kappa shape index (κ3) is 2.36. The van der Waals surface area contributed by atoms with Crippen LogP contribution in [0.2, 0.25) is 0 Å². The first kappa shape index (κ1) is 14.0. The summed E-state index contributed by atoms with van der Waals surface area (Å²) in [7, 11) is 4.17. The van der Waals surface area contributed by atoms with Gasteiger partial charge in [-0.2, -0.15) is 0 Å². The Hall–Kier alpha value is -1.45. The van der Waals surface area contributed by atoms with Crippen LogP contribution in [0.5, 0.6) is 0 Å². The summed E-state index contributed by atoms with van der Waals surface area (Å²) >= 11 is 0. The van der Waals surface area contributed by atoms with Gasteiger partial charge in [-0.3, -0.25) is 4.98 Å². The molecule has 2 unspecified atom stereocenters. The lowest BCUT2D eigenvalue weighted by Gasteiger charge is -2.41. The fourth-order valence-electron chi connectivity index (χ4n) is 2.54. The molecule has 2 rings (SSSR count). The molecule has 2 N–H and O–H groups in total. The Kier molecular flexibility index (Phi) is 3.88. The molecule has 19 heavy (non-hydrogen) atoms. The second kappa shape index (κ2) is 5.27. The van der Waals surface area contributed by atoms with E-state index in [9.17, 15) is 0 Å². The van der Waals surface area contributed by atoms with Crippen molar-refractivity contribution in [3.8, 4) is 0 Å². The van der Waals surface area contributed by atoms with Crippen molar-refractivity contribution in [3.63, 3.8) is 0 Å². The van der Waals surface area contributed by atoms with Gasteiger partial charge in [-0.25, -0.2) is 0 Å². The van der Waals surface area contributed by atoms with Crippen molar-refractivity contribution in [3.05, 3.63) is 42.2 Å². The number of likely N-dealkylation sites (N-methyl/N-ethyl adjacent to an activating group) is 1. The van der Waals surface area contributed by atoms with Gasteiger partial charge in [0.2, 0.25) is 0 Å². The number of rotatable bonds is 4. The van der Waals surface area contributed by atoms with Gasteiger partial charge in [-0.15, -0.1) is 0 Å². The molecule has 3 nitrogen and oxygen atoms in total. The van der Waals surface area contributed by atoms with Crippen LogP contribution in [0.4, 0.5) is 0 Å². The highest BCUT2D eigenvalue weighted by atomic mass is 15.2. The Labute approximate surface area is 115 Å². The van der Waals surface area contributed by atoms with Gasteiger partial charge in [-0.1, -0.05) is 31.2 Å². The zero-order chi connectivity index (χ0) is 14.0. The summed E-state index contributed by atoms with van der Waals surface area (Å²) in [5, 5.41) is 2.35. The Morgan fingerprint density at radius 3 is 2.58 bits per heavy atom. The summed E-state index contributed by atoms with van der Waals surface area (Å²) in [6.07, 6.45) is 4.79. The first-order valence-corrected chi connectivity index (χ1v) is 6.76. The van der Waals surface area contributed by atoms with Crippen LogP contribution in [0.1, 0.15) is 31.9 Å². The molecule has 0 radical (unpaired) electrons. The number of nitrogens with zero attached hydrogens (tertiary/aromatic N) is 2. The molecule has 1 aromatic heterocycles. The molecule has 0 saturated heterocycles. The Morgan fingerprint density at radius 1 is 1.26 bits per heavy atom. The predicted octanol–water partition coefficient (Wildman–Crippen LogP) is 2.96. The standard InChI is InChI=1S/C16H23N3/c1-5-16(2,19(3)4)15(17)14-11-18-10-12-8-6-7-9-13(12)14/h6-11,15H,5,17H2,1-4H3. The van der Waals surface area contributed by atoms with E-state index >= 15 is 0 Å². The lowest BCUT2D eigenvalue weighted by Crippen LogP contribution is -2.49. The van der Waals surface area contributed by atoms with E-state index in [2.05, 4.69) is 56.0 Å². The van der Waals surface area contributed by atoms with Crippen LogP contribution in [-0.4, -0.2) is 29.5 Å². The van der Waals surface area contributed by atoms with Crippen molar-refractivity contribution in [2.24, 2.45) is 5.73 Å². The van der Waals surface area contributed by atoms with Crippen molar-refractivity contribution >= 4 is 10.8 Å². The van der Waals surface area contributed by atoms with E-state index in [1.54, 1.807) is 0 Å². The maximum Gasteiger partial charge on any atom is 0.0500 e. The molecule has 2 atom stereocenters. The number of hydrogen-bond acceptors (Lipinski definition) is 3. The molecule has 0 aliphatic carbocycles. The molecule has 0 aliphatic heterocycles. The second-order valence-corrected chi connectivity index (χ2v) is 5.53. The van der Waals surface area contributed by atoms with Crippen molar-refractivity contribution in [2.75, 3.05) is 14.1 Å². The molecule has 0 saturated carbocycles. The molecule has 102 valence electrons. The van der Waals surface area contributed by atoms with E-state index in [0.29, 0.717) is 0 Å². The molecule has 0 aliphatic rings. The second-order valence-electron chi connectivity index (χ2n) is 5.53. The third-order valence-corrected chi connectivity index (χ3v) is 4.44. The van der Waals surface area contributed by atoms with Crippen molar-refractivity contribution in [2.45, 2.75) is 31.8 Å². The fourth-order valence-corrected chi connectivity index (χ4v) is 2.54. The Balaban J connectivity index is 2.55. The number of aromatic nitrogens is 1. The first-order chi connectivity index (χ1) is 9.00. The van der Waals surface area contributed by atoms with Gasteiger partial charge in [0.05, 0.1) is 6.04 Å². The van der Waals surface area contributed by atoms with Crippen LogP contribution in [-0.2, 0) is 0 Å². The number of benzene rings is 1. The lowest BCUT2D eigenvalue weighted by atomic mass is 9.83. The van der Waals surface area contributed by atoms with Gasteiger partial charge >= 0.3 is 0 Å². The highest BCUT2D eigenvalue weighted by molar-refractivity contribution is 5.85. The molecular formula is C16H23N3. The molecule has 0 bridgehead atoms. The average Bonchev–Trinajstić information content (AvgIpc) is 2.44. The highest BCUT2D eigenvalue weighted by Gasteiger charge is 2.34. The number of pyridine rings is 1. The monoisotopic (exact) mass is 257 g/mol. The molecule has 0 fully saturated rings.